The number of unbranched alkanes of at least 4 members (excludes halogenated alkanes) is 2. The smallest absolute Gasteiger partial charge is 0.335 e. The summed E-state index contributed by atoms with van der Waals surface area (Å²) in [5.41, 5.74) is 4.59. The van der Waals surface area contributed by atoms with E-state index < -0.39 is 5.97 Å². The number of nitrogens with zero attached hydrogens (tertiary/aromatic N) is 5. The molecule has 0 atom stereocenters. The van der Waals surface area contributed by atoms with Crippen LogP contribution in [0.2, 0.25) is 0 Å². The van der Waals surface area contributed by atoms with Gasteiger partial charge in [-0.05, 0) is 36.6 Å². The Hall–Kier alpha value is -3.79. The molecule has 3 amide bonds. The lowest BCUT2D eigenvalue weighted by Crippen LogP contribution is -2.33. The Kier molecular flexibility index (Phi) is 8.50. The number of aromatic nitrogens is 3. The molecule has 0 saturated carbocycles. The zero-order chi connectivity index (χ0) is 26.4. The predicted octanol–water partition coefficient (Wildman–Crippen LogP) is 5.03. The number of hydrogen-bond donors (Lipinski definition) is 1. The van der Waals surface area contributed by atoms with Crippen molar-refractivity contribution in [3.63, 3.8) is 0 Å². The van der Waals surface area contributed by atoms with E-state index in [1.807, 2.05) is 16.9 Å². The van der Waals surface area contributed by atoms with Gasteiger partial charge in [0.25, 0.3) is 5.91 Å². The summed E-state index contributed by atoms with van der Waals surface area (Å²) in [6, 6.07) is 6.40. The van der Waals surface area contributed by atoms with Gasteiger partial charge < -0.3 is 9.67 Å². The van der Waals surface area contributed by atoms with E-state index in [4.69, 9.17) is 0 Å². The molecule has 0 unspecified atom stereocenters. The van der Waals surface area contributed by atoms with Crippen molar-refractivity contribution in [1.29, 1.82) is 0 Å². The Balaban J connectivity index is 1.71. The van der Waals surface area contributed by atoms with Gasteiger partial charge in [0.05, 0.1) is 35.2 Å². The number of hydrogen-bond acceptors (Lipinski definition) is 6. The second-order valence-electron chi connectivity index (χ2n) is 8.98. The molecule has 1 fully saturated rings. The maximum atomic E-state index is 13.4. The first kappa shape index (κ1) is 26.3. The summed E-state index contributed by atoms with van der Waals surface area (Å²) in [6.45, 7) is 5.19. The molecule has 10 heteroatoms. The Labute approximate surface area is 220 Å². The van der Waals surface area contributed by atoms with Crippen LogP contribution in [0.1, 0.15) is 72.7 Å². The molecule has 3 aromatic rings. The SMILES string of the molecule is CCCCc1ncc(/C=C2\C(=O)N(CCCC)C(=O)N2Cc2cscn2)n1Cc1ccc(C(=O)O)cc1. The van der Waals surface area contributed by atoms with E-state index in [1.165, 1.54) is 21.1 Å². The largest absolute Gasteiger partial charge is 0.478 e. The molecule has 194 valence electrons. The highest BCUT2D eigenvalue weighted by atomic mass is 32.1. The second-order valence-corrected chi connectivity index (χ2v) is 9.70. The number of imide groups is 1. The van der Waals surface area contributed by atoms with Crippen LogP contribution in [0.25, 0.3) is 6.08 Å². The fourth-order valence-corrected chi connectivity index (χ4v) is 4.76. The van der Waals surface area contributed by atoms with Gasteiger partial charge in [-0.25, -0.2) is 19.6 Å². The van der Waals surface area contributed by atoms with E-state index in [9.17, 15) is 19.5 Å². The van der Waals surface area contributed by atoms with Crippen LogP contribution in [0.15, 0.2) is 47.0 Å². The number of benzene rings is 1. The standard InChI is InChI=1S/C27H31N5O4S/c1-3-5-7-24-28-14-22(31(24)15-19-8-10-20(11-9-19)26(34)35)13-23-25(33)30(12-6-4-2)27(36)32(23)16-21-17-37-18-29-21/h8-11,13-14,17-18H,3-7,12,15-16H2,1-2H3,(H,34,35)/b23-13+. The third-order valence-corrected chi connectivity index (χ3v) is 6.94. The van der Waals surface area contributed by atoms with Crippen LogP contribution < -0.4 is 0 Å². The minimum Gasteiger partial charge on any atom is -0.478 e. The molecule has 0 spiro atoms. The van der Waals surface area contributed by atoms with Crippen LogP contribution >= 0.6 is 11.3 Å². The van der Waals surface area contributed by atoms with Gasteiger partial charge in [-0.3, -0.25) is 14.6 Å². The van der Waals surface area contributed by atoms with Crippen LogP contribution in [-0.4, -0.2) is 53.9 Å². The zero-order valence-corrected chi connectivity index (χ0v) is 21.9. The van der Waals surface area contributed by atoms with E-state index in [1.54, 1.807) is 42.0 Å². The van der Waals surface area contributed by atoms with Crippen molar-refractivity contribution in [3.8, 4) is 0 Å². The monoisotopic (exact) mass is 521 g/mol. The van der Waals surface area contributed by atoms with Crippen LogP contribution in [0.4, 0.5) is 4.79 Å². The Morgan fingerprint density at radius 2 is 1.78 bits per heavy atom. The molecule has 1 aliphatic rings. The van der Waals surface area contributed by atoms with Gasteiger partial charge in [0.1, 0.15) is 11.5 Å². The van der Waals surface area contributed by atoms with Gasteiger partial charge in [-0.2, -0.15) is 0 Å². The minimum absolute atomic E-state index is 0.218. The fraction of sp³-hybridized carbons (Fsp3) is 0.370. The molecule has 1 aromatic carbocycles. The summed E-state index contributed by atoms with van der Waals surface area (Å²) in [5.74, 6) is -0.412. The molecule has 0 bridgehead atoms. The van der Waals surface area contributed by atoms with Crippen molar-refractivity contribution in [2.45, 2.75) is 59.0 Å². The number of carbonyl (C=O) groups is 3. The number of rotatable bonds is 12. The van der Waals surface area contributed by atoms with E-state index in [0.717, 1.165) is 49.2 Å². The van der Waals surface area contributed by atoms with E-state index in [2.05, 4.69) is 16.9 Å². The lowest BCUT2D eigenvalue weighted by atomic mass is 10.1. The normalized spacial score (nSPS) is 14.8. The van der Waals surface area contributed by atoms with Crippen LogP contribution in [0, 0.1) is 0 Å². The Morgan fingerprint density at radius 1 is 1.03 bits per heavy atom. The first-order valence-electron chi connectivity index (χ1n) is 12.5. The van der Waals surface area contributed by atoms with Gasteiger partial charge >= 0.3 is 12.0 Å². The topological polar surface area (TPSA) is 109 Å². The molecular formula is C27H31N5O4S. The van der Waals surface area contributed by atoms with Gasteiger partial charge in [-0.15, -0.1) is 11.3 Å². The highest BCUT2D eigenvalue weighted by Crippen LogP contribution is 2.27. The fourth-order valence-electron chi connectivity index (χ4n) is 4.21. The zero-order valence-electron chi connectivity index (χ0n) is 21.1. The minimum atomic E-state index is -0.972. The summed E-state index contributed by atoms with van der Waals surface area (Å²) >= 11 is 1.44. The van der Waals surface area contributed by atoms with E-state index in [-0.39, 0.29) is 24.0 Å². The highest BCUT2D eigenvalue weighted by Gasteiger charge is 2.41. The number of carboxylic acid groups (broad SMARTS) is 1. The summed E-state index contributed by atoms with van der Waals surface area (Å²) in [6.07, 6.45) is 7.83. The van der Waals surface area contributed by atoms with Crippen molar-refractivity contribution in [1.82, 2.24) is 24.3 Å². The van der Waals surface area contributed by atoms with Crippen molar-refractivity contribution >= 4 is 35.3 Å². The number of imidazole rings is 1. The average molecular weight is 522 g/mol. The summed E-state index contributed by atoms with van der Waals surface area (Å²) in [7, 11) is 0. The van der Waals surface area contributed by atoms with Gasteiger partial charge in [-0.1, -0.05) is 38.8 Å². The lowest BCUT2D eigenvalue weighted by Gasteiger charge is -2.16. The molecule has 37 heavy (non-hydrogen) atoms. The molecule has 1 aliphatic heterocycles. The summed E-state index contributed by atoms with van der Waals surface area (Å²) in [5, 5.41) is 11.1. The number of carboxylic acids is 1. The van der Waals surface area contributed by atoms with Crippen LogP contribution in [0.5, 0.6) is 0 Å². The number of thiazole rings is 1. The Morgan fingerprint density at radius 3 is 2.43 bits per heavy atom. The molecular weight excluding hydrogens is 490 g/mol. The van der Waals surface area contributed by atoms with Crippen molar-refractivity contribution < 1.29 is 19.5 Å². The van der Waals surface area contributed by atoms with Gasteiger partial charge in [0.2, 0.25) is 0 Å². The quantitative estimate of drug-likeness (QED) is 0.264. The molecule has 1 N–H and O–H groups in total. The van der Waals surface area contributed by atoms with E-state index >= 15 is 0 Å². The molecule has 2 aromatic heterocycles. The maximum Gasteiger partial charge on any atom is 0.335 e. The predicted molar refractivity (Wildman–Crippen MR) is 141 cm³/mol. The second kappa shape index (κ2) is 12.0. The number of aryl methyl sites for hydroxylation is 1. The number of urea groups is 1. The van der Waals surface area contributed by atoms with Crippen LogP contribution in [-0.2, 0) is 24.3 Å². The van der Waals surface area contributed by atoms with Gasteiger partial charge in [0, 0.05) is 24.9 Å². The number of carbonyl (C=O) groups excluding carboxylic acids is 2. The van der Waals surface area contributed by atoms with Crippen molar-refractivity contribution in [2.75, 3.05) is 6.54 Å². The third kappa shape index (κ3) is 5.96. The third-order valence-electron chi connectivity index (χ3n) is 6.30. The lowest BCUT2D eigenvalue weighted by molar-refractivity contribution is -0.123. The van der Waals surface area contributed by atoms with E-state index in [0.29, 0.717) is 24.5 Å². The maximum absolute atomic E-state index is 13.4. The van der Waals surface area contributed by atoms with Crippen LogP contribution in [0.3, 0.4) is 0 Å². The van der Waals surface area contributed by atoms with Crippen molar-refractivity contribution in [2.24, 2.45) is 0 Å². The molecule has 0 radical (unpaired) electrons. The average Bonchev–Trinajstić information content (AvgIpc) is 3.59. The molecule has 9 nitrogen and oxygen atoms in total. The first-order valence-corrected chi connectivity index (χ1v) is 13.5. The summed E-state index contributed by atoms with van der Waals surface area (Å²) < 4.78 is 2.03. The van der Waals surface area contributed by atoms with Crippen molar-refractivity contribution in [3.05, 3.63) is 75.4 Å². The summed E-state index contributed by atoms with van der Waals surface area (Å²) in [4.78, 5) is 49.7. The molecule has 0 aliphatic carbocycles. The first-order chi connectivity index (χ1) is 17.9. The number of aromatic carboxylic acids is 1. The highest BCUT2D eigenvalue weighted by molar-refractivity contribution is 7.07. The molecule has 1 saturated heterocycles. The molecule has 4 rings (SSSR count). The molecule has 3 heterocycles. The van der Waals surface area contributed by atoms with Gasteiger partial charge in [0.15, 0.2) is 0 Å². The number of amides is 3. The Bertz CT molecular complexity index is 1280.